The first kappa shape index (κ1) is 24.2. The van der Waals surface area contributed by atoms with Crippen LogP contribution in [0.4, 0.5) is 8.78 Å². The van der Waals surface area contributed by atoms with Crippen LogP contribution in [0.25, 0.3) is 6.08 Å². The Bertz CT molecular complexity index is 895. The highest BCUT2D eigenvalue weighted by Gasteiger charge is 2.36. The Hall–Kier alpha value is -2.40. The molecule has 1 fully saturated rings. The van der Waals surface area contributed by atoms with Gasteiger partial charge in [-0.05, 0) is 67.0 Å². The lowest BCUT2D eigenvalue weighted by Gasteiger charge is -2.29. The van der Waals surface area contributed by atoms with E-state index in [1.165, 1.54) is 44.1 Å². The van der Waals surface area contributed by atoms with E-state index in [1.807, 2.05) is 24.3 Å². The molecular weight excluding hydrogens is 398 g/mol. The van der Waals surface area contributed by atoms with Crippen LogP contribution in [-0.4, -0.2) is 5.92 Å². The van der Waals surface area contributed by atoms with Crippen LogP contribution < -0.4 is 0 Å². The minimum atomic E-state index is -2.52. The summed E-state index contributed by atoms with van der Waals surface area (Å²) in [6.07, 6.45) is 15.0. The summed E-state index contributed by atoms with van der Waals surface area (Å²) in [7, 11) is 0. The third-order valence-corrected chi connectivity index (χ3v) is 6.32. The van der Waals surface area contributed by atoms with E-state index >= 15 is 0 Å². The zero-order valence-corrected chi connectivity index (χ0v) is 19.4. The van der Waals surface area contributed by atoms with Gasteiger partial charge >= 0.3 is 0 Å². The van der Waals surface area contributed by atoms with Crippen molar-refractivity contribution in [3.8, 4) is 11.8 Å². The van der Waals surface area contributed by atoms with Crippen LogP contribution in [0.15, 0.2) is 54.6 Å². The lowest BCUT2D eigenvalue weighted by molar-refractivity contribution is -0.0408. The maximum atomic E-state index is 13.7. The fourth-order valence-corrected chi connectivity index (χ4v) is 4.38. The molecule has 2 heteroatoms. The van der Waals surface area contributed by atoms with Gasteiger partial charge in [0.05, 0.1) is 0 Å². The molecule has 2 aromatic carbocycles. The molecule has 0 amide bonds. The normalized spacial score (nSPS) is 17.8. The van der Waals surface area contributed by atoms with Gasteiger partial charge in [-0.1, -0.05) is 87.3 Å². The zero-order valence-electron chi connectivity index (χ0n) is 19.4. The molecule has 3 rings (SSSR count). The van der Waals surface area contributed by atoms with Gasteiger partial charge in [-0.25, -0.2) is 8.78 Å². The smallest absolute Gasteiger partial charge is 0.207 e. The monoisotopic (exact) mass is 434 g/mol. The molecule has 0 aliphatic heterocycles. The highest BCUT2D eigenvalue weighted by molar-refractivity contribution is 5.52. The molecule has 1 unspecified atom stereocenters. The molecule has 0 saturated heterocycles. The Balaban J connectivity index is 1.47. The largest absolute Gasteiger partial charge is 0.248 e. The van der Waals surface area contributed by atoms with E-state index < -0.39 is 5.92 Å². The molecule has 0 spiro atoms. The topological polar surface area (TPSA) is 0 Å². The van der Waals surface area contributed by atoms with Crippen LogP contribution >= 0.6 is 0 Å². The molecule has 0 radical (unpaired) electrons. The number of hydrogen-bond acceptors (Lipinski definition) is 0. The maximum Gasteiger partial charge on any atom is 0.248 e. The zero-order chi connectivity index (χ0) is 22.7. The van der Waals surface area contributed by atoms with E-state index in [9.17, 15) is 8.78 Å². The average Bonchev–Trinajstić information content (AvgIpc) is 2.80. The second-order valence-electron chi connectivity index (χ2n) is 9.10. The van der Waals surface area contributed by atoms with Gasteiger partial charge in [0, 0.05) is 24.0 Å². The van der Waals surface area contributed by atoms with Crippen molar-refractivity contribution in [2.45, 2.75) is 89.4 Å². The second-order valence-corrected chi connectivity index (χ2v) is 9.10. The summed E-state index contributed by atoms with van der Waals surface area (Å²) in [6, 6.07) is 16.2. The van der Waals surface area contributed by atoms with Gasteiger partial charge in [-0.15, -0.1) is 0 Å². The molecule has 0 nitrogen and oxygen atoms in total. The van der Waals surface area contributed by atoms with Crippen LogP contribution in [0.5, 0.6) is 0 Å². The Morgan fingerprint density at radius 3 is 2.16 bits per heavy atom. The molecule has 0 aromatic heterocycles. The molecule has 170 valence electrons. The number of alkyl halides is 2. The number of hydrogen-bond donors (Lipinski definition) is 0. The molecule has 0 bridgehead atoms. The fraction of sp³-hybridized carbons (Fsp3) is 0.467. The standard InChI is InChI=1S/C30H36F2/c1-2-3-4-5-6-7-8-9-11-25-13-15-26(16-14-25)17-18-27-19-21-28(22-20-27)29-12-10-23-30(31,32)24-29/h9,11,13-16,19-22,29H,2-8,10,12,23-24H2,1H3/b11-9+. The van der Waals surface area contributed by atoms with E-state index in [4.69, 9.17) is 0 Å². The highest BCUT2D eigenvalue weighted by Crippen LogP contribution is 2.41. The van der Waals surface area contributed by atoms with Gasteiger partial charge in [-0.2, -0.15) is 0 Å². The first-order chi connectivity index (χ1) is 15.6. The summed E-state index contributed by atoms with van der Waals surface area (Å²) in [5.41, 5.74) is 4.11. The number of halogens is 2. The lowest BCUT2D eigenvalue weighted by atomic mass is 9.82. The van der Waals surface area contributed by atoms with Crippen molar-refractivity contribution in [1.29, 1.82) is 0 Å². The van der Waals surface area contributed by atoms with Crippen molar-refractivity contribution in [3.63, 3.8) is 0 Å². The predicted molar refractivity (Wildman–Crippen MR) is 132 cm³/mol. The molecule has 1 saturated carbocycles. The Labute approximate surface area is 193 Å². The Morgan fingerprint density at radius 1 is 0.875 bits per heavy atom. The molecule has 1 aliphatic rings. The summed E-state index contributed by atoms with van der Waals surface area (Å²) in [4.78, 5) is 0. The van der Waals surface area contributed by atoms with Crippen LogP contribution in [-0.2, 0) is 0 Å². The van der Waals surface area contributed by atoms with Crippen molar-refractivity contribution in [1.82, 2.24) is 0 Å². The van der Waals surface area contributed by atoms with Gasteiger partial charge in [0.2, 0.25) is 5.92 Å². The summed E-state index contributed by atoms with van der Waals surface area (Å²) < 4.78 is 27.4. The molecule has 1 aliphatic carbocycles. The summed E-state index contributed by atoms with van der Waals surface area (Å²) >= 11 is 0. The molecule has 32 heavy (non-hydrogen) atoms. The van der Waals surface area contributed by atoms with E-state index in [1.54, 1.807) is 0 Å². The number of rotatable bonds is 9. The van der Waals surface area contributed by atoms with Gasteiger partial charge in [0.1, 0.15) is 0 Å². The molecular formula is C30H36F2. The number of allylic oxidation sites excluding steroid dienone is 1. The fourth-order valence-electron chi connectivity index (χ4n) is 4.38. The van der Waals surface area contributed by atoms with Crippen molar-refractivity contribution in [2.75, 3.05) is 0 Å². The van der Waals surface area contributed by atoms with Gasteiger partial charge < -0.3 is 0 Å². The third-order valence-electron chi connectivity index (χ3n) is 6.32. The Morgan fingerprint density at radius 2 is 1.50 bits per heavy atom. The van der Waals surface area contributed by atoms with Crippen molar-refractivity contribution < 1.29 is 8.78 Å². The van der Waals surface area contributed by atoms with Gasteiger partial charge in [-0.3, -0.25) is 0 Å². The maximum absolute atomic E-state index is 13.7. The predicted octanol–water partition coefficient (Wildman–Crippen LogP) is 9.14. The molecule has 0 heterocycles. The van der Waals surface area contributed by atoms with Crippen LogP contribution in [0.2, 0.25) is 0 Å². The van der Waals surface area contributed by atoms with Crippen molar-refractivity contribution >= 4 is 6.08 Å². The number of unbranched alkanes of at least 4 members (excludes halogenated alkanes) is 6. The van der Waals surface area contributed by atoms with E-state index in [0.29, 0.717) is 6.42 Å². The van der Waals surface area contributed by atoms with Crippen molar-refractivity contribution in [2.24, 2.45) is 0 Å². The lowest BCUT2D eigenvalue weighted by Crippen LogP contribution is -2.24. The summed E-state index contributed by atoms with van der Waals surface area (Å²) in [6.45, 7) is 2.25. The minimum Gasteiger partial charge on any atom is -0.207 e. The molecule has 1 atom stereocenters. The molecule has 0 N–H and O–H groups in total. The van der Waals surface area contributed by atoms with Crippen LogP contribution in [0, 0.1) is 11.8 Å². The van der Waals surface area contributed by atoms with E-state index in [-0.39, 0.29) is 18.8 Å². The van der Waals surface area contributed by atoms with Crippen molar-refractivity contribution in [3.05, 3.63) is 76.9 Å². The average molecular weight is 435 g/mol. The van der Waals surface area contributed by atoms with Crippen LogP contribution in [0.3, 0.4) is 0 Å². The van der Waals surface area contributed by atoms with E-state index in [2.05, 4.69) is 55.2 Å². The van der Waals surface area contributed by atoms with E-state index in [0.717, 1.165) is 29.5 Å². The first-order valence-electron chi connectivity index (χ1n) is 12.3. The quantitative estimate of drug-likeness (QED) is 0.273. The Kier molecular flexibility index (Phi) is 9.54. The molecule has 2 aromatic rings. The first-order valence-corrected chi connectivity index (χ1v) is 12.3. The van der Waals surface area contributed by atoms with Crippen LogP contribution in [0.1, 0.15) is 106 Å². The summed E-state index contributed by atoms with van der Waals surface area (Å²) in [5.74, 6) is 3.84. The third kappa shape index (κ3) is 8.27. The SMILES string of the molecule is CCCCCCCC/C=C/c1ccc(C#Cc2ccc(C3CCCC(F)(F)C3)cc2)cc1. The van der Waals surface area contributed by atoms with Gasteiger partial charge in [0.25, 0.3) is 0 Å². The van der Waals surface area contributed by atoms with Gasteiger partial charge in [0.15, 0.2) is 0 Å². The highest BCUT2D eigenvalue weighted by atomic mass is 19.3. The summed E-state index contributed by atoms with van der Waals surface area (Å²) in [5, 5.41) is 0. The minimum absolute atomic E-state index is 0.0285. The number of benzene rings is 2. The second kappa shape index (κ2) is 12.6.